The third-order valence-electron chi connectivity index (χ3n) is 4.67. The number of nitrogens with zero attached hydrogens (tertiary/aromatic N) is 4. The zero-order valence-electron chi connectivity index (χ0n) is 15.4. The lowest BCUT2D eigenvalue weighted by atomic mass is 10.2. The molecule has 3 aromatic heterocycles. The average Bonchev–Trinajstić information content (AvgIpc) is 3.33. The summed E-state index contributed by atoms with van der Waals surface area (Å²) in [6, 6.07) is 13.8. The van der Waals surface area contributed by atoms with Crippen molar-refractivity contribution < 1.29 is 14.3 Å². The monoisotopic (exact) mass is 419 g/mol. The first-order chi connectivity index (χ1) is 14.6. The van der Waals surface area contributed by atoms with Gasteiger partial charge in [-0.25, -0.2) is 19.2 Å². The smallest absolute Gasteiger partial charge is 0.345 e. The van der Waals surface area contributed by atoms with Gasteiger partial charge in [0, 0.05) is 11.1 Å². The number of fused-ring (bicyclic) bond motifs is 2. The normalized spacial score (nSPS) is 11.2. The molecule has 9 heteroatoms. The van der Waals surface area contributed by atoms with Crippen LogP contribution in [0.3, 0.4) is 0 Å². The summed E-state index contributed by atoms with van der Waals surface area (Å²) < 4.78 is 15.3. The molecule has 0 fully saturated rings. The molecule has 0 unspecified atom stereocenters. The quantitative estimate of drug-likeness (QED) is 0.430. The fourth-order valence-electron chi connectivity index (χ4n) is 3.30. The summed E-state index contributed by atoms with van der Waals surface area (Å²) in [6.07, 6.45) is 3.16. The molecule has 0 radical (unpaired) electrons. The maximum Gasteiger partial charge on any atom is 0.345 e. The van der Waals surface area contributed by atoms with Crippen LogP contribution in [0.25, 0.3) is 21.1 Å². The van der Waals surface area contributed by atoms with Crippen LogP contribution in [-0.4, -0.2) is 30.8 Å². The van der Waals surface area contributed by atoms with E-state index in [1.807, 2.05) is 28.9 Å². The Balaban J connectivity index is 1.45. The van der Waals surface area contributed by atoms with E-state index in [4.69, 9.17) is 0 Å². The second-order valence-corrected chi connectivity index (χ2v) is 7.72. The van der Waals surface area contributed by atoms with E-state index in [0.29, 0.717) is 22.6 Å². The van der Waals surface area contributed by atoms with Gasteiger partial charge in [-0.1, -0.05) is 12.1 Å². The van der Waals surface area contributed by atoms with Crippen LogP contribution in [0.4, 0.5) is 15.9 Å². The molecule has 3 heterocycles. The Labute approximate surface area is 173 Å². The van der Waals surface area contributed by atoms with Gasteiger partial charge in [0.05, 0.1) is 23.6 Å². The van der Waals surface area contributed by atoms with Crippen LogP contribution >= 0.6 is 11.3 Å². The molecule has 0 spiro atoms. The van der Waals surface area contributed by atoms with Gasteiger partial charge in [0.1, 0.15) is 27.7 Å². The van der Waals surface area contributed by atoms with E-state index in [-0.39, 0.29) is 10.7 Å². The van der Waals surface area contributed by atoms with Crippen LogP contribution < -0.4 is 5.32 Å². The van der Waals surface area contributed by atoms with Crippen molar-refractivity contribution in [3.05, 3.63) is 77.3 Å². The van der Waals surface area contributed by atoms with Gasteiger partial charge in [-0.15, -0.1) is 11.3 Å². The summed E-state index contributed by atoms with van der Waals surface area (Å²) in [5, 5.41) is 18.4. The number of nitrogens with one attached hydrogen (secondary N) is 1. The van der Waals surface area contributed by atoms with Crippen molar-refractivity contribution in [2.75, 3.05) is 5.32 Å². The Morgan fingerprint density at radius 1 is 1.17 bits per heavy atom. The number of carbonyl (C=O) groups is 1. The number of rotatable bonds is 5. The number of benzene rings is 2. The summed E-state index contributed by atoms with van der Waals surface area (Å²) in [6.45, 7) is 0.466. The molecule has 148 valence electrons. The van der Waals surface area contributed by atoms with Gasteiger partial charge in [0.2, 0.25) is 0 Å². The average molecular weight is 419 g/mol. The minimum absolute atomic E-state index is 0.211. The van der Waals surface area contributed by atoms with Gasteiger partial charge in [-0.05, 0) is 42.0 Å². The number of hydrogen-bond acceptors (Lipinski definition) is 6. The summed E-state index contributed by atoms with van der Waals surface area (Å²) in [5.74, 6) is -0.725. The Hall–Kier alpha value is -3.85. The van der Waals surface area contributed by atoms with E-state index in [1.54, 1.807) is 18.3 Å². The lowest BCUT2D eigenvalue weighted by Crippen LogP contribution is -2.01. The number of carboxylic acid groups (broad SMARTS) is 1. The van der Waals surface area contributed by atoms with E-state index in [0.717, 1.165) is 33.5 Å². The molecule has 2 aromatic carbocycles. The SMILES string of the molecule is O=C(O)c1cc2c(Nc3ccc4c(cnn4Cc4cccc(F)c4)c3)ncnc2s1. The maximum absolute atomic E-state index is 13.4. The lowest BCUT2D eigenvalue weighted by Gasteiger charge is -2.08. The lowest BCUT2D eigenvalue weighted by molar-refractivity contribution is 0.0702. The minimum Gasteiger partial charge on any atom is -0.477 e. The van der Waals surface area contributed by atoms with Crippen LogP contribution in [-0.2, 0) is 6.54 Å². The highest BCUT2D eigenvalue weighted by Gasteiger charge is 2.13. The first-order valence-electron chi connectivity index (χ1n) is 9.02. The van der Waals surface area contributed by atoms with Crippen LogP contribution in [0.15, 0.2) is 61.1 Å². The third-order valence-corrected chi connectivity index (χ3v) is 5.70. The first-order valence-corrected chi connectivity index (χ1v) is 9.83. The van der Waals surface area contributed by atoms with Gasteiger partial charge in [-0.3, -0.25) is 4.68 Å². The Morgan fingerprint density at radius 2 is 2.07 bits per heavy atom. The summed E-state index contributed by atoms with van der Waals surface area (Å²) in [7, 11) is 0. The molecule has 0 aliphatic rings. The molecule has 0 bridgehead atoms. The Bertz CT molecular complexity index is 1410. The maximum atomic E-state index is 13.4. The Kier molecular flexibility index (Phi) is 4.36. The van der Waals surface area contributed by atoms with Gasteiger partial charge in [0.25, 0.3) is 0 Å². The third kappa shape index (κ3) is 3.35. The second-order valence-electron chi connectivity index (χ2n) is 6.69. The molecule has 0 atom stereocenters. The number of aromatic carboxylic acids is 1. The number of hydrogen-bond donors (Lipinski definition) is 2. The standard InChI is InChI=1S/C21H14FN5O2S/c22-14-3-1-2-12(6-14)10-27-17-5-4-15(7-13(17)9-25-27)26-19-16-8-18(21(28)29)30-20(16)24-11-23-19/h1-9,11H,10H2,(H,28,29)(H,23,24,26). The van der Waals surface area contributed by atoms with Gasteiger partial charge in [-0.2, -0.15) is 5.10 Å². The van der Waals surface area contributed by atoms with Crippen LogP contribution in [0, 0.1) is 5.82 Å². The van der Waals surface area contributed by atoms with E-state index in [9.17, 15) is 14.3 Å². The van der Waals surface area contributed by atoms with Crippen molar-refractivity contribution in [3.8, 4) is 0 Å². The molecule has 0 saturated heterocycles. The van der Waals surface area contributed by atoms with Gasteiger partial charge >= 0.3 is 5.97 Å². The summed E-state index contributed by atoms with van der Waals surface area (Å²) in [4.78, 5) is 20.5. The number of anilines is 2. The van der Waals surface area contributed by atoms with Crippen molar-refractivity contribution in [3.63, 3.8) is 0 Å². The molecule has 2 N–H and O–H groups in total. The number of halogens is 1. The first kappa shape index (κ1) is 18.2. The molecule has 5 aromatic rings. The molecule has 0 amide bonds. The molecule has 0 aliphatic carbocycles. The molecule has 0 aliphatic heterocycles. The fourth-order valence-corrected chi connectivity index (χ4v) is 4.13. The Morgan fingerprint density at radius 3 is 2.90 bits per heavy atom. The van der Waals surface area contributed by atoms with Crippen molar-refractivity contribution in [2.24, 2.45) is 0 Å². The van der Waals surface area contributed by atoms with Gasteiger partial charge < -0.3 is 10.4 Å². The van der Waals surface area contributed by atoms with Crippen LogP contribution in [0.1, 0.15) is 15.2 Å². The number of carboxylic acids is 1. The minimum atomic E-state index is -0.990. The van der Waals surface area contributed by atoms with Crippen LogP contribution in [0.2, 0.25) is 0 Å². The fraction of sp³-hybridized carbons (Fsp3) is 0.0476. The predicted molar refractivity (Wildman–Crippen MR) is 113 cm³/mol. The highest BCUT2D eigenvalue weighted by Crippen LogP contribution is 2.30. The van der Waals surface area contributed by atoms with Crippen LogP contribution in [0.5, 0.6) is 0 Å². The molecule has 7 nitrogen and oxygen atoms in total. The largest absolute Gasteiger partial charge is 0.477 e. The van der Waals surface area contributed by atoms with E-state index in [2.05, 4.69) is 20.4 Å². The van der Waals surface area contributed by atoms with Gasteiger partial charge in [0.15, 0.2) is 0 Å². The van der Waals surface area contributed by atoms with Crippen molar-refractivity contribution in [1.29, 1.82) is 0 Å². The molecule has 30 heavy (non-hydrogen) atoms. The highest BCUT2D eigenvalue weighted by atomic mass is 32.1. The van der Waals surface area contributed by atoms with E-state index < -0.39 is 5.97 Å². The zero-order valence-corrected chi connectivity index (χ0v) is 16.2. The molecular weight excluding hydrogens is 405 g/mol. The highest BCUT2D eigenvalue weighted by molar-refractivity contribution is 7.20. The van der Waals surface area contributed by atoms with E-state index >= 15 is 0 Å². The molecular formula is C21H14FN5O2S. The summed E-state index contributed by atoms with van der Waals surface area (Å²) >= 11 is 1.11. The second kappa shape index (κ2) is 7.20. The van der Waals surface area contributed by atoms with Crippen molar-refractivity contribution in [1.82, 2.24) is 19.7 Å². The number of thiophene rings is 1. The molecule has 5 rings (SSSR count). The molecule has 0 saturated carbocycles. The predicted octanol–water partition coefficient (Wildman–Crippen LogP) is 4.67. The van der Waals surface area contributed by atoms with Crippen molar-refractivity contribution >= 4 is 49.9 Å². The zero-order chi connectivity index (χ0) is 20.7. The number of aromatic nitrogens is 4. The summed E-state index contributed by atoms with van der Waals surface area (Å²) in [5.41, 5.74) is 2.54. The van der Waals surface area contributed by atoms with E-state index in [1.165, 1.54) is 18.5 Å². The van der Waals surface area contributed by atoms with Crippen molar-refractivity contribution in [2.45, 2.75) is 6.54 Å². The topological polar surface area (TPSA) is 92.9 Å².